The molecule has 5 heteroatoms. The molecule has 138 valence electrons. The van der Waals surface area contributed by atoms with Gasteiger partial charge in [-0.25, -0.2) is 0 Å². The number of hydrogen-bond donors (Lipinski definition) is 1. The summed E-state index contributed by atoms with van der Waals surface area (Å²) >= 11 is 1.41. The molecular formula is C21H25NO3S. The lowest BCUT2D eigenvalue weighted by atomic mass is 9.99. The summed E-state index contributed by atoms with van der Waals surface area (Å²) in [5.74, 6) is -0.0654. The van der Waals surface area contributed by atoms with Gasteiger partial charge in [0.2, 0.25) is 0 Å². The van der Waals surface area contributed by atoms with Gasteiger partial charge in [0.15, 0.2) is 6.61 Å². The Morgan fingerprint density at radius 3 is 2.46 bits per heavy atom. The SMILES string of the molecule is CC[C@H](C)c1ccc(NC(=O)COC(=O)CSc2ccccc2C)cc1. The first-order valence-electron chi connectivity index (χ1n) is 8.73. The molecule has 2 rings (SSSR count). The second-order valence-electron chi connectivity index (χ2n) is 6.19. The van der Waals surface area contributed by atoms with Crippen molar-refractivity contribution in [1.29, 1.82) is 0 Å². The van der Waals surface area contributed by atoms with Crippen molar-refractivity contribution in [2.24, 2.45) is 0 Å². The number of nitrogens with one attached hydrogen (secondary N) is 1. The van der Waals surface area contributed by atoms with Crippen LogP contribution in [-0.4, -0.2) is 24.2 Å². The van der Waals surface area contributed by atoms with E-state index in [9.17, 15) is 9.59 Å². The second kappa shape index (κ2) is 10.0. The molecule has 0 saturated carbocycles. The summed E-state index contributed by atoms with van der Waals surface area (Å²) in [4.78, 5) is 24.8. The maximum atomic E-state index is 11.9. The van der Waals surface area contributed by atoms with E-state index < -0.39 is 5.97 Å². The van der Waals surface area contributed by atoms with Crippen LogP contribution in [0, 0.1) is 6.92 Å². The number of esters is 1. The molecule has 0 aliphatic heterocycles. The first-order valence-corrected chi connectivity index (χ1v) is 9.72. The first kappa shape index (κ1) is 20.0. The molecule has 0 unspecified atom stereocenters. The van der Waals surface area contributed by atoms with E-state index >= 15 is 0 Å². The number of hydrogen-bond acceptors (Lipinski definition) is 4. The highest BCUT2D eigenvalue weighted by Gasteiger charge is 2.10. The summed E-state index contributed by atoms with van der Waals surface area (Å²) in [6.45, 7) is 6.03. The van der Waals surface area contributed by atoms with E-state index in [1.165, 1.54) is 17.3 Å². The molecule has 0 heterocycles. The Bertz CT molecular complexity index is 743. The zero-order valence-corrected chi connectivity index (χ0v) is 16.3. The largest absolute Gasteiger partial charge is 0.455 e. The van der Waals surface area contributed by atoms with Gasteiger partial charge in [0.25, 0.3) is 5.91 Å². The number of thioether (sulfide) groups is 1. The van der Waals surface area contributed by atoms with Crippen LogP contribution in [0.4, 0.5) is 5.69 Å². The molecule has 26 heavy (non-hydrogen) atoms. The van der Waals surface area contributed by atoms with E-state index in [0.717, 1.165) is 16.9 Å². The van der Waals surface area contributed by atoms with Crippen molar-refractivity contribution in [2.75, 3.05) is 17.7 Å². The van der Waals surface area contributed by atoms with E-state index in [4.69, 9.17) is 4.74 Å². The predicted octanol–water partition coefficient (Wildman–Crippen LogP) is 4.78. The predicted molar refractivity (Wildman–Crippen MR) is 107 cm³/mol. The number of carbonyl (C=O) groups excluding carboxylic acids is 2. The number of ether oxygens (including phenoxy) is 1. The van der Waals surface area contributed by atoms with Crippen LogP contribution >= 0.6 is 11.8 Å². The van der Waals surface area contributed by atoms with Crippen LogP contribution in [0.2, 0.25) is 0 Å². The molecular weight excluding hydrogens is 346 g/mol. The minimum atomic E-state index is -0.402. The van der Waals surface area contributed by atoms with Gasteiger partial charge in [-0.15, -0.1) is 11.8 Å². The van der Waals surface area contributed by atoms with Crippen molar-refractivity contribution < 1.29 is 14.3 Å². The Kier molecular flexibility index (Phi) is 7.73. The fourth-order valence-electron chi connectivity index (χ4n) is 2.37. The van der Waals surface area contributed by atoms with Crippen molar-refractivity contribution in [2.45, 2.75) is 38.0 Å². The quantitative estimate of drug-likeness (QED) is 0.536. The molecule has 0 radical (unpaired) electrons. The van der Waals surface area contributed by atoms with Gasteiger partial charge in [0.1, 0.15) is 0 Å². The molecule has 0 aliphatic carbocycles. The average Bonchev–Trinajstić information content (AvgIpc) is 2.65. The van der Waals surface area contributed by atoms with Crippen molar-refractivity contribution in [3.8, 4) is 0 Å². The topological polar surface area (TPSA) is 55.4 Å². The third-order valence-corrected chi connectivity index (χ3v) is 5.33. The molecule has 4 nitrogen and oxygen atoms in total. The van der Waals surface area contributed by atoms with Gasteiger partial charge in [0, 0.05) is 10.6 Å². The van der Waals surface area contributed by atoms with Crippen molar-refractivity contribution in [1.82, 2.24) is 0 Å². The fourth-order valence-corrected chi connectivity index (χ4v) is 3.20. The van der Waals surface area contributed by atoms with Crippen LogP contribution in [0.1, 0.15) is 37.3 Å². The number of amides is 1. The third kappa shape index (κ3) is 6.23. The van der Waals surface area contributed by atoms with E-state index in [-0.39, 0.29) is 18.3 Å². The molecule has 1 amide bonds. The number of rotatable bonds is 8. The van der Waals surface area contributed by atoms with E-state index in [0.29, 0.717) is 11.6 Å². The van der Waals surface area contributed by atoms with E-state index in [1.807, 2.05) is 55.5 Å². The monoisotopic (exact) mass is 371 g/mol. The fraction of sp³-hybridized carbons (Fsp3) is 0.333. The highest BCUT2D eigenvalue weighted by atomic mass is 32.2. The second-order valence-corrected chi connectivity index (χ2v) is 7.21. The Labute approximate surface area is 159 Å². The summed E-state index contributed by atoms with van der Waals surface area (Å²) in [6.07, 6.45) is 1.07. The Morgan fingerprint density at radius 1 is 1.12 bits per heavy atom. The molecule has 0 fully saturated rings. The number of anilines is 1. The highest BCUT2D eigenvalue weighted by molar-refractivity contribution is 8.00. The summed E-state index contributed by atoms with van der Waals surface area (Å²) in [5.41, 5.74) is 3.06. The Balaban J connectivity index is 1.74. The van der Waals surface area contributed by atoms with Gasteiger partial charge >= 0.3 is 5.97 Å². The molecule has 0 spiro atoms. The summed E-state index contributed by atoms with van der Waals surface area (Å²) in [6, 6.07) is 15.6. The summed E-state index contributed by atoms with van der Waals surface area (Å²) in [5, 5.41) is 2.74. The number of benzene rings is 2. The van der Waals surface area contributed by atoms with Gasteiger partial charge in [0.05, 0.1) is 5.75 Å². The first-order chi connectivity index (χ1) is 12.5. The van der Waals surface area contributed by atoms with Crippen LogP contribution in [0.3, 0.4) is 0 Å². The van der Waals surface area contributed by atoms with Crippen LogP contribution < -0.4 is 5.32 Å². The molecule has 1 N–H and O–H groups in total. The molecule has 1 atom stereocenters. The van der Waals surface area contributed by atoms with Crippen LogP contribution in [0.25, 0.3) is 0 Å². The molecule has 0 aromatic heterocycles. The standard InChI is InChI=1S/C21H25NO3S/c1-4-15(2)17-9-11-18(12-10-17)22-20(23)13-25-21(24)14-26-19-8-6-5-7-16(19)3/h5-12,15H,4,13-14H2,1-3H3,(H,22,23)/t15-/m0/s1. The lowest BCUT2D eigenvalue weighted by molar-refractivity contribution is -0.144. The highest BCUT2D eigenvalue weighted by Crippen LogP contribution is 2.22. The molecule has 0 saturated heterocycles. The number of carbonyl (C=O) groups is 2. The van der Waals surface area contributed by atoms with Crippen LogP contribution in [0.5, 0.6) is 0 Å². The molecule has 2 aromatic carbocycles. The number of aryl methyl sites for hydroxylation is 1. The van der Waals surface area contributed by atoms with Gasteiger partial charge < -0.3 is 10.1 Å². The minimum absolute atomic E-state index is 0.182. The van der Waals surface area contributed by atoms with Crippen molar-refractivity contribution >= 4 is 29.3 Å². The van der Waals surface area contributed by atoms with E-state index in [1.54, 1.807) is 0 Å². The van der Waals surface area contributed by atoms with Gasteiger partial charge in [-0.2, -0.15) is 0 Å². The van der Waals surface area contributed by atoms with Crippen molar-refractivity contribution in [3.05, 3.63) is 59.7 Å². The zero-order valence-electron chi connectivity index (χ0n) is 15.5. The van der Waals surface area contributed by atoms with Gasteiger partial charge in [-0.1, -0.05) is 44.2 Å². The average molecular weight is 372 g/mol. The third-order valence-electron chi connectivity index (χ3n) is 4.18. The molecule has 0 bridgehead atoms. The summed E-state index contributed by atoms with van der Waals surface area (Å²) in [7, 11) is 0. The molecule has 2 aromatic rings. The maximum Gasteiger partial charge on any atom is 0.316 e. The van der Waals surface area contributed by atoms with E-state index in [2.05, 4.69) is 19.2 Å². The van der Waals surface area contributed by atoms with Crippen LogP contribution in [-0.2, 0) is 14.3 Å². The molecule has 0 aliphatic rings. The smallest absolute Gasteiger partial charge is 0.316 e. The normalized spacial score (nSPS) is 11.7. The van der Waals surface area contributed by atoms with Gasteiger partial charge in [-0.05, 0) is 48.6 Å². The maximum absolute atomic E-state index is 11.9. The van der Waals surface area contributed by atoms with Gasteiger partial charge in [-0.3, -0.25) is 9.59 Å². The Morgan fingerprint density at radius 2 is 1.81 bits per heavy atom. The zero-order chi connectivity index (χ0) is 18.9. The van der Waals surface area contributed by atoms with Crippen LogP contribution in [0.15, 0.2) is 53.4 Å². The summed E-state index contributed by atoms with van der Waals surface area (Å²) < 4.78 is 5.05. The Hall–Kier alpha value is -2.27. The van der Waals surface area contributed by atoms with Crippen molar-refractivity contribution in [3.63, 3.8) is 0 Å². The lowest BCUT2D eigenvalue weighted by Crippen LogP contribution is -2.21. The minimum Gasteiger partial charge on any atom is -0.455 e. The lowest BCUT2D eigenvalue weighted by Gasteiger charge is -2.11.